The molecular weight excluding hydrogens is 380 g/mol. The van der Waals surface area contributed by atoms with E-state index in [0.717, 1.165) is 43.6 Å². The summed E-state index contributed by atoms with van der Waals surface area (Å²) < 4.78 is 0. The molecule has 2 aliphatic heterocycles. The summed E-state index contributed by atoms with van der Waals surface area (Å²) >= 11 is 1.55. The zero-order valence-electron chi connectivity index (χ0n) is 18.1. The Morgan fingerprint density at radius 2 is 1.62 bits per heavy atom. The van der Waals surface area contributed by atoms with Gasteiger partial charge in [0.15, 0.2) is 0 Å². The third kappa shape index (κ3) is 5.50. The summed E-state index contributed by atoms with van der Waals surface area (Å²) in [4.78, 5) is 31.1. The number of unbranched alkanes of at least 4 members (excludes halogenated alkanes) is 7. The molecule has 0 atom stereocenters. The number of carbonyl (C=O) groups excluding carboxylic acids is 2. The van der Waals surface area contributed by atoms with Gasteiger partial charge in [-0.2, -0.15) is 0 Å². The van der Waals surface area contributed by atoms with Gasteiger partial charge < -0.3 is 4.90 Å². The van der Waals surface area contributed by atoms with Crippen LogP contribution in [-0.4, -0.2) is 41.2 Å². The van der Waals surface area contributed by atoms with Crippen LogP contribution in [0.3, 0.4) is 0 Å². The number of imide groups is 1. The van der Waals surface area contributed by atoms with Crippen molar-refractivity contribution in [3.8, 4) is 0 Å². The number of amides is 2. The Hall–Kier alpha value is -1.62. The van der Waals surface area contributed by atoms with Crippen LogP contribution in [0.25, 0.3) is 5.57 Å². The van der Waals surface area contributed by atoms with E-state index in [4.69, 9.17) is 0 Å². The SMILES string of the molecule is CCCCCCCCCCN1C(=O)C(c2cccs2)=C(N2CCC(C)CC2)C1=O. The molecule has 0 spiro atoms. The summed E-state index contributed by atoms with van der Waals surface area (Å²) in [5, 5.41) is 1.98. The highest BCUT2D eigenvalue weighted by atomic mass is 32.1. The maximum Gasteiger partial charge on any atom is 0.277 e. The van der Waals surface area contributed by atoms with Gasteiger partial charge in [-0.05, 0) is 36.6 Å². The van der Waals surface area contributed by atoms with E-state index in [1.165, 1.54) is 43.4 Å². The molecule has 3 heterocycles. The van der Waals surface area contributed by atoms with E-state index in [2.05, 4.69) is 18.7 Å². The molecule has 0 saturated carbocycles. The van der Waals surface area contributed by atoms with Crippen LogP contribution < -0.4 is 0 Å². The number of rotatable bonds is 11. The van der Waals surface area contributed by atoms with Gasteiger partial charge in [0.1, 0.15) is 5.70 Å². The largest absolute Gasteiger partial charge is 0.366 e. The van der Waals surface area contributed by atoms with Gasteiger partial charge >= 0.3 is 0 Å². The van der Waals surface area contributed by atoms with E-state index < -0.39 is 0 Å². The average Bonchev–Trinajstić information content (AvgIpc) is 3.32. The zero-order chi connectivity index (χ0) is 20.6. The summed E-state index contributed by atoms with van der Waals surface area (Å²) in [6.45, 7) is 6.80. The average molecular weight is 417 g/mol. The molecule has 160 valence electrons. The van der Waals surface area contributed by atoms with Crippen LogP contribution in [0.2, 0.25) is 0 Å². The Morgan fingerprint density at radius 3 is 2.24 bits per heavy atom. The van der Waals surface area contributed by atoms with Gasteiger partial charge in [0.2, 0.25) is 0 Å². The Kier molecular flexibility index (Phi) is 8.34. The first kappa shape index (κ1) is 22.1. The Balaban J connectivity index is 1.60. The van der Waals surface area contributed by atoms with Crippen molar-refractivity contribution in [2.75, 3.05) is 19.6 Å². The Morgan fingerprint density at radius 1 is 0.966 bits per heavy atom. The highest BCUT2D eigenvalue weighted by Crippen LogP contribution is 2.35. The van der Waals surface area contributed by atoms with Crippen LogP contribution in [0, 0.1) is 5.92 Å². The van der Waals surface area contributed by atoms with Gasteiger partial charge in [0, 0.05) is 24.5 Å². The molecule has 3 rings (SSSR count). The van der Waals surface area contributed by atoms with Crippen LogP contribution in [0.5, 0.6) is 0 Å². The molecule has 1 aromatic heterocycles. The van der Waals surface area contributed by atoms with E-state index in [0.29, 0.717) is 23.7 Å². The van der Waals surface area contributed by atoms with Gasteiger partial charge in [0.25, 0.3) is 11.8 Å². The molecule has 2 amide bonds. The van der Waals surface area contributed by atoms with Crippen molar-refractivity contribution in [2.24, 2.45) is 5.92 Å². The molecule has 0 radical (unpaired) electrons. The third-order valence-corrected chi connectivity index (χ3v) is 7.13. The van der Waals surface area contributed by atoms with E-state index in [9.17, 15) is 9.59 Å². The fraction of sp³-hybridized carbons (Fsp3) is 0.667. The molecule has 4 nitrogen and oxygen atoms in total. The van der Waals surface area contributed by atoms with Crippen molar-refractivity contribution < 1.29 is 9.59 Å². The fourth-order valence-corrected chi connectivity index (χ4v) is 5.10. The smallest absolute Gasteiger partial charge is 0.277 e. The quantitative estimate of drug-likeness (QED) is 0.343. The zero-order valence-corrected chi connectivity index (χ0v) is 18.9. The normalized spacial score (nSPS) is 18.4. The molecule has 0 N–H and O–H groups in total. The molecule has 0 aliphatic carbocycles. The van der Waals surface area contributed by atoms with Crippen LogP contribution in [-0.2, 0) is 9.59 Å². The van der Waals surface area contributed by atoms with Crippen molar-refractivity contribution in [3.05, 3.63) is 28.1 Å². The monoisotopic (exact) mass is 416 g/mol. The van der Waals surface area contributed by atoms with E-state index in [-0.39, 0.29) is 11.8 Å². The summed E-state index contributed by atoms with van der Waals surface area (Å²) in [6.07, 6.45) is 11.9. The maximum atomic E-state index is 13.3. The van der Waals surface area contributed by atoms with Crippen LogP contribution in [0.1, 0.15) is 82.9 Å². The minimum Gasteiger partial charge on any atom is -0.366 e. The maximum absolute atomic E-state index is 13.3. The lowest BCUT2D eigenvalue weighted by Crippen LogP contribution is -2.38. The van der Waals surface area contributed by atoms with Gasteiger partial charge in [-0.25, -0.2) is 0 Å². The van der Waals surface area contributed by atoms with E-state index >= 15 is 0 Å². The van der Waals surface area contributed by atoms with Crippen LogP contribution in [0.4, 0.5) is 0 Å². The molecule has 1 saturated heterocycles. The molecule has 5 heteroatoms. The number of hydrogen-bond donors (Lipinski definition) is 0. The van der Waals surface area contributed by atoms with Crippen molar-refractivity contribution in [3.63, 3.8) is 0 Å². The molecule has 0 bridgehead atoms. The lowest BCUT2D eigenvalue weighted by molar-refractivity contribution is -0.137. The number of piperidine rings is 1. The minimum atomic E-state index is -0.0889. The first-order valence-electron chi connectivity index (χ1n) is 11.5. The standard InChI is InChI=1S/C24H36N2O2S/c1-3-4-5-6-7-8-9-10-15-26-23(27)21(20-12-11-18-29-20)22(24(26)28)25-16-13-19(2)14-17-25/h11-12,18-19H,3-10,13-17H2,1-2H3. The number of likely N-dealkylation sites (tertiary alicyclic amines) is 1. The number of nitrogens with zero attached hydrogens (tertiary/aromatic N) is 2. The first-order chi connectivity index (χ1) is 14.1. The highest BCUT2D eigenvalue weighted by Gasteiger charge is 2.42. The van der Waals surface area contributed by atoms with Gasteiger partial charge in [-0.3, -0.25) is 14.5 Å². The first-order valence-corrected chi connectivity index (χ1v) is 12.4. The van der Waals surface area contributed by atoms with Gasteiger partial charge in [0.05, 0.1) is 5.57 Å². The second kappa shape index (κ2) is 11.0. The highest BCUT2D eigenvalue weighted by molar-refractivity contribution is 7.11. The lowest BCUT2D eigenvalue weighted by Gasteiger charge is -2.32. The number of hydrogen-bond acceptors (Lipinski definition) is 4. The van der Waals surface area contributed by atoms with Crippen LogP contribution in [0.15, 0.2) is 23.2 Å². The van der Waals surface area contributed by atoms with Gasteiger partial charge in [-0.15, -0.1) is 11.3 Å². The molecule has 1 aromatic rings. The molecule has 2 aliphatic rings. The summed E-state index contributed by atoms with van der Waals surface area (Å²) in [7, 11) is 0. The minimum absolute atomic E-state index is 0.0732. The molecule has 1 fully saturated rings. The topological polar surface area (TPSA) is 40.6 Å². The predicted molar refractivity (Wildman–Crippen MR) is 121 cm³/mol. The number of thiophene rings is 1. The molecular formula is C24H36N2O2S. The van der Waals surface area contributed by atoms with Crippen molar-refractivity contribution in [1.29, 1.82) is 0 Å². The predicted octanol–water partition coefficient (Wildman–Crippen LogP) is 5.70. The fourth-order valence-electron chi connectivity index (χ4n) is 4.34. The third-order valence-electron chi connectivity index (χ3n) is 6.25. The Bertz CT molecular complexity index is 702. The Labute approximate surface area is 180 Å². The van der Waals surface area contributed by atoms with Crippen molar-refractivity contribution >= 4 is 28.7 Å². The molecule has 0 aromatic carbocycles. The summed E-state index contributed by atoms with van der Waals surface area (Å²) in [5.74, 6) is 0.530. The number of carbonyl (C=O) groups is 2. The summed E-state index contributed by atoms with van der Waals surface area (Å²) in [5.41, 5.74) is 1.29. The second-order valence-electron chi connectivity index (χ2n) is 8.61. The summed E-state index contributed by atoms with van der Waals surface area (Å²) in [6, 6.07) is 3.93. The second-order valence-corrected chi connectivity index (χ2v) is 9.55. The van der Waals surface area contributed by atoms with E-state index in [1.807, 2.05) is 17.5 Å². The van der Waals surface area contributed by atoms with Crippen LogP contribution >= 0.6 is 11.3 Å². The van der Waals surface area contributed by atoms with E-state index in [1.54, 1.807) is 11.3 Å². The lowest BCUT2D eigenvalue weighted by atomic mass is 9.98. The molecule has 29 heavy (non-hydrogen) atoms. The molecule has 0 unspecified atom stereocenters. The van der Waals surface area contributed by atoms with Crippen molar-refractivity contribution in [1.82, 2.24) is 9.80 Å². The van der Waals surface area contributed by atoms with Crippen molar-refractivity contribution in [2.45, 2.75) is 78.1 Å². The van der Waals surface area contributed by atoms with Gasteiger partial charge in [-0.1, -0.05) is 64.9 Å².